The van der Waals surface area contributed by atoms with E-state index in [1.54, 1.807) is 0 Å². The molecular weight excluding hydrogens is 304 g/mol. The monoisotopic (exact) mass is 320 g/mol. The third kappa shape index (κ3) is 3.64. The van der Waals surface area contributed by atoms with Gasteiger partial charge >= 0.3 is 0 Å². The first kappa shape index (κ1) is 15.0. The molecule has 22 heavy (non-hydrogen) atoms. The number of halogens is 1. The predicted molar refractivity (Wildman–Crippen MR) is 81.4 cm³/mol. The van der Waals surface area contributed by atoms with Gasteiger partial charge in [0.25, 0.3) is 0 Å². The first-order valence-corrected chi connectivity index (χ1v) is 7.66. The molecule has 1 atom stereocenters. The summed E-state index contributed by atoms with van der Waals surface area (Å²) in [5.74, 6) is 0.924. The molecule has 7 heteroatoms. The van der Waals surface area contributed by atoms with E-state index in [-0.39, 0.29) is 18.5 Å². The molecule has 0 spiro atoms. The minimum atomic E-state index is -0.106. The van der Waals surface area contributed by atoms with Gasteiger partial charge in [-0.25, -0.2) is 0 Å². The van der Waals surface area contributed by atoms with Gasteiger partial charge in [-0.15, -0.1) is 0 Å². The van der Waals surface area contributed by atoms with E-state index in [0.29, 0.717) is 23.2 Å². The Morgan fingerprint density at radius 2 is 2.32 bits per heavy atom. The van der Waals surface area contributed by atoms with Crippen molar-refractivity contribution in [3.63, 3.8) is 0 Å². The lowest BCUT2D eigenvalue weighted by molar-refractivity contribution is -0.123. The highest BCUT2D eigenvalue weighted by molar-refractivity contribution is 6.31. The van der Waals surface area contributed by atoms with Gasteiger partial charge in [0, 0.05) is 11.4 Å². The zero-order chi connectivity index (χ0) is 15.4. The van der Waals surface area contributed by atoms with Crippen LogP contribution < -0.4 is 10.6 Å². The molecule has 1 fully saturated rings. The minimum absolute atomic E-state index is 0.0247. The van der Waals surface area contributed by atoms with Crippen LogP contribution in [0.4, 0.5) is 0 Å². The predicted octanol–water partition coefficient (Wildman–Crippen LogP) is 1.68. The summed E-state index contributed by atoms with van der Waals surface area (Å²) in [7, 11) is 0. The van der Waals surface area contributed by atoms with Crippen LogP contribution in [0.2, 0.25) is 5.02 Å². The van der Waals surface area contributed by atoms with E-state index in [2.05, 4.69) is 20.8 Å². The summed E-state index contributed by atoms with van der Waals surface area (Å²) in [5, 5.41) is 10.5. The highest BCUT2D eigenvalue weighted by atomic mass is 35.5. The Hall–Kier alpha value is -1.92. The first-order valence-electron chi connectivity index (χ1n) is 7.28. The van der Waals surface area contributed by atoms with Gasteiger partial charge in [0.1, 0.15) is 0 Å². The van der Waals surface area contributed by atoms with Crippen LogP contribution in [0.15, 0.2) is 28.8 Å². The van der Waals surface area contributed by atoms with Gasteiger partial charge < -0.3 is 15.2 Å². The smallest absolute Gasteiger partial charge is 0.246 e. The molecule has 1 amide bonds. The fraction of sp³-hybridized carbons (Fsp3) is 0.400. The Morgan fingerprint density at radius 3 is 3.09 bits per heavy atom. The van der Waals surface area contributed by atoms with E-state index >= 15 is 0 Å². The van der Waals surface area contributed by atoms with Gasteiger partial charge in [0.2, 0.25) is 11.8 Å². The number of rotatable bonds is 5. The van der Waals surface area contributed by atoms with Crippen molar-refractivity contribution in [2.24, 2.45) is 0 Å². The molecule has 0 bridgehead atoms. The Kier molecular flexibility index (Phi) is 4.70. The topological polar surface area (TPSA) is 80.1 Å². The average molecular weight is 321 g/mol. The number of aromatic nitrogens is 2. The Morgan fingerprint density at radius 1 is 1.45 bits per heavy atom. The maximum Gasteiger partial charge on any atom is 0.246 e. The number of carbonyl (C=O) groups excluding carboxylic acids is 1. The van der Waals surface area contributed by atoms with Crippen LogP contribution in [0.5, 0.6) is 0 Å². The Labute approximate surface area is 133 Å². The second-order valence-electron chi connectivity index (χ2n) is 5.24. The lowest BCUT2D eigenvalue weighted by Crippen LogP contribution is -2.40. The summed E-state index contributed by atoms with van der Waals surface area (Å²) in [6.07, 6.45) is 2.40. The summed E-state index contributed by atoms with van der Waals surface area (Å²) in [6.45, 7) is 1.13. The zero-order valence-electron chi connectivity index (χ0n) is 12.0. The van der Waals surface area contributed by atoms with E-state index in [4.69, 9.17) is 16.1 Å². The molecule has 3 rings (SSSR count). The second kappa shape index (κ2) is 6.89. The summed E-state index contributed by atoms with van der Waals surface area (Å²) in [4.78, 5) is 16.2. The molecule has 1 aromatic heterocycles. The highest BCUT2D eigenvalue weighted by Gasteiger charge is 2.22. The number of amides is 1. The molecule has 2 heterocycles. The second-order valence-corrected chi connectivity index (χ2v) is 5.65. The van der Waals surface area contributed by atoms with Crippen LogP contribution in [-0.4, -0.2) is 28.6 Å². The quantitative estimate of drug-likeness (QED) is 0.876. The van der Waals surface area contributed by atoms with Gasteiger partial charge in [-0.3, -0.25) is 4.79 Å². The van der Waals surface area contributed by atoms with Gasteiger partial charge in [0.15, 0.2) is 5.82 Å². The molecule has 116 valence electrons. The molecule has 1 aliphatic rings. The molecule has 1 saturated heterocycles. The fourth-order valence-electron chi connectivity index (χ4n) is 2.44. The molecule has 0 radical (unpaired) electrons. The Balaban J connectivity index is 1.55. The third-order valence-corrected chi connectivity index (χ3v) is 3.98. The van der Waals surface area contributed by atoms with E-state index in [1.165, 1.54) is 0 Å². The van der Waals surface area contributed by atoms with Crippen LogP contribution in [-0.2, 0) is 17.8 Å². The number of hydrogen-bond donors (Lipinski definition) is 2. The molecule has 2 aromatic rings. The number of nitrogens with one attached hydrogen (secondary N) is 2. The fourth-order valence-corrected chi connectivity index (χ4v) is 2.64. The largest absolute Gasteiger partial charge is 0.346 e. The summed E-state index contributed by atoms with van der Waals surface area (Å²) < 4.78 is 5.15. The summed E-state index contributed by atoms with van der Waals surface area (Å²) in [5.41, 5.74) is 0.940. The molecule has 1 aromatic carbocycles. The van der Waals surface area contributed by atoms with Crippen molar-refractivity contribution >= 4 is 17.5 Å². The van der Waals surface area contributed by atoms with Crippen LogP contribution >= 0.6 is 11.6 Å². The first-order chi connectivity index (χ1) is 10.7. The molecule has 6 nitrogen and oxygen atoms in total. The van der Waals surface area contributed by atoms with Crippen LogP contribution in [0, 0.1) is 0 Å². The standard InChI is InChI=1S/C15H17ClN4O2/c16-11-5-2-1-4-10(11)8-13-19-14(22-20-13)9-18-15(21)12-6-3-7-17-12/h1-2,4-5,12,17H,3,6-9H2,(H,18,21). The van der Waals surface area contributed by atoms with Gasteiger partial charge in [-0.1, -0.05) is 35.0 Å². The molecule has 1 unspecified atom stereocenters. The molecular formula is C15H17ClN4O2. The molecule has 1 aliphatic heterocycles. The van der Waals surface area contributed by atoms with E-state index in [9.17, 15) is 4.79 Å². The van der Waals surface area contributed by atoms with Crippen molar-refractivity contribution in [1.29, 1.82) is 0 Å². The average Bonchev–Trinajstić information content (AvgIpc) is 3.19. The lowest BCUT2D eigenvalue weighted by Gasteiger charge is -2.08. The van der Waals surface area contributed by atoms with Crippen molar-refractivity contribution in [2.45, 2.75) is 31.8 Å². The SMILES string of the molecule is O=C(NCc1nc(Cc2ccccc2Cl)no1)C1CCCN1. The maximum atomic E-state index is 11.9. The van der Waals surface area contributed by atoms with Crippen molar-refractivity contribution < 1.29 is 9.32 Å². The third-order valence-electron chi connectivity index (χ3n) is 3.61. The van der Waals surface area contributed by atoms with Crippen molar-refractivity contribution in [3.05, 3.63) is 46.6 Å². The van der Waals surface area contributed by atoms with Crippen LogP contribution in [0.1, 0.15) is 30.1 Å². The minimum Gasteiger partial charge on any atom is -0.346 e. The summed E-state index contributed by atoms with van der Waals surface area (Å²) in [6, 6.07) is 7.43. The summed E-state index contributed by atoms with van der Waals surface area (Å²) >= 11 is 6.11. The lowest BCUT2D eigenvalue weighted by atomic mass is 10.1. The number of nitrogens with zero attached hydrogens (tertiary/aromatic N) is 2. The molecule has 0 saturated carbocycles. The van der Waals surface area contributed by atoms with Gasteiger partial charge in [-0.2, -0.15) is 4.98 Å². The van der Waals surface area contributed by atoms with Crippen molar-refractivity contribution in [2.75, 3.05) is 6.54 Å². The normalized spacial score (nSPS) is 17.6. The Bertz CT molecular complexity index is 652. The van der Waals surface area contributed by atoms with Crippen LogP contribution in [0.25, 0.3) is 0 Å². The molecule has 0 aliphatic carbocycles. The van der Waals surface area contributed by atoms with Gasteiger partial charge in [-0.05, 0) is 31.0 Å². The number of hydrogen-bond acceptors (Lipinski definition) is 5. The van der Waals surface area contributed by atoms with E-state index in [0.717, 1.165) is 24.9 Å². The number of carbonyl (C=O) groups is 1. The molecule has 2 N–H and O–H groups in total. The van der Waals surface area contributed by atoms with E-state index in [1.807, 2.05) is 24.3 Å². The van der Waals surface area contributed by atoms with Crippen molar-refractivity contribution in [3.8, 4) is 0 Å². The number of benzene rings is 1. The van der Waals surface area contributed by atoms with Crippen molar-refractivity contribution in [1.82, 2.24) is 20.8 Å². The van der Waals surface area contributed by atoms with Gasteiger partial charge in [0.05, 0.1) is 12.6 Å². The van der Waals surface area contributed by atoms with Crippen LogP contribution in [0.3, 0.4) is 0 Å². The maximum absolute atomic E-state index is 11.9. The highest BCUT2D eigenvalue weighted by Crippen LogP contribution is 2.17. The van der Waals surface area contributed by atoms with E-state index < -0.39 is 0 Å². The zero-order valence-corrected chi connectivity index (χ0v) is 12.8.